The number of aryl methyl sites for hydroxylation is 1. The van der Waals surface area contributed by atoms with Crippen molar-refractivity contribution in [1.82, 2.24) is 9.97 Å². The third-order valence-corrected chi connectivity index (χ3v) is 3.03. The molecule has 0 saturated carbocycles. The molecule has 2 aromatic rings. The molecule has 0 amide bonds. The van der Waals surface area contributed by atoms with Crippen LogP contribution < -0.4 is 10.6 Å². The minimum absolute atomic E-state index is 0.336. The van der Waals surface area contributed by atoms with Crippen LogP contribution in [0.25, 0.3) is 0 Å². The Morgan fingerprint density at radius 2 is 1.90 bits per heavy atom. The number of aromatic nitrogens is 2. The predicted octanol–water partition coefficient (Wildman–Crippen LogP) is 4.40. The Labute approximate surface area is 128 Å². The molecule has 21 heavy (non-hydrogen) atoms. The zero-order valence-electron chi connectivity index (χ0n) is 12.1. The van der Waals surface area contributed by atoms with Gasteiger partial charge in [0, 0.05) is 24.1 Å². The number of halogens is 2. The summed E-state index contributed by atoms with van der Waals surface area (Å²) in [5.41, 5.74) is 0.336. The van der Waals surface area contributed by atoms with Gasteiger partial charge >= 0.3 is 0 Å². The summed E-state index contributed by atoms with van der Waals surface area (Å²) in [6.45, 7) is 4.82. The van der Waals surface area contributed by atoms with Gasteiger partial charge in [0.25, 0.3) is 0 Å². The molecule has 0 spiro atoms. The van der Waals surface area contributed by atoms with Crippen molar-refractivity contribution in [1.29, 1.82) is 0 Å². The van der Waals surface area contributed by atoms with E-state index < -0.39 is 5.82 Å². The van der Waals surface area contributed by atoms with E-state index in [9.17, 15) is 4.39 Å². The van der Waals surface area contributed by atoms with Crippen molar-refractivity contribution in [2.75, 3.05) is 17.2 Å². The molecule has 0 unspecified atom stereocenters. The number of hydrogen-bond donors (Lipinski definition) is 2. The van der Waals surface area contributed by atoms with E-state index in [1.807, 2.05) is 6.92 Å². The molecule has 4 nitrogen and oxygen atoms in total. The van der Waals surface area contributed by atoms with Crippen LogP contribution in [0.1, 0.15) is 26.1 Å². The number of hydrogen-bond acceptors (Lipinski definition) is 4. The summed E-state index contributed by atoms with van der Waals surface area (Å²) in [5, 5.41) is 6.48. The van der Waals surface area contributed by atoms with Gasteiger partial charge in [0.15, 0.2) is 0 Å². The average Bonchev–Trinajstić information content (AvgIpc) is 2.42. The van der Waals surface area contributed by atoms with Crippen LogP contribution in [0, 0.1) is 5.82 Å². The van der Waals surface area contributed by atoms with E-state index in [0.29, 0.717) is 16.5 Å². The molecule has 1 aromatic carbocycles. The Hall–Kier alpha value is -1.88. The average molecular weight is 309 g/mol. The third kappa shape index (κ3) is 4.29. The number of anilines is 3. The maximum absolute atomic E-state index is 13.8. The van der Waals surface area contributed by atoms with Crippen LogP contribution in [0.3, 0.4) is 0 Å². The van der Waals surface area contributed by atoms with Gasteiger partial charge in [-0.2, -0.15) is 0 Å². The summed E-state index contributed by atoms with van der Waals surface area (Å²) in [6, 6.07) is 6.25. The van der Waals surface area contributed by atoms with Crippen molar-refractivity contribution in [3.63, 3.8) is 0 Å². The molecule has 0 saturated heterocycles. The smallest absolute Gasteiger partial charge is 0.148 e. The Bertz CT molecular complexity index is 594. The highest BCUT2D eigenvalue weighted by atomic mass is 35.5. The van der Waals surface area contributed by atoms with Gasteiger partial charge in [0.1, 0.15) is 23.3 Å². The highest BCUT2D eigenvalue weighted by Crippen LogP contribution is 2.23. The molecule has 0 aliphatic carbocycles. The summed E-state index contributed by atoms with van der Waals surface area (Å²) in [7, 11) is 0. The number of benzene rings is 1. The second-order valence-electron chi connectivity index (χ2n) is 4.58. The molecule has 0 fully saturated rings. The first-order chi connectivity index (χ1) is 10.1. The van der Waals surface area contributed by atoms with Crippen molar-refractivity contribution in [3.8, 4) is 0 Å². The number of nitrogens with one attached hydrogen (secondary N) is 2. The molecular formula is C15H18ClFN4. The minimum Gasteiger partial charge on any atom is -0.370 e. The molecule has 0 atom stereocenters. The van der Waals surface area contributed by atoms with Crippen LogP contribution in [0.4, 0.5) is 21.7 Å². The molecule has 1 aromatic heterocycles. The van der Waals surface area contributed by atoms with E-state index in [1.165, 1.54) is 6.07 Å². The van der Waals surface area contributed by atoms with E-state index in [2.05, 4.69) is 27.5 Å². The Balaban J connectivity index is 2.29. The lowest BCUT2D eigenvalue weighted by Crippen LogP contribution is -2.06. The lowest BCUT2D eigenvalue weighted by Gasteiger charge is -2.11. The topological polar surface area (TPSA) is 49.8 Å². The molecule has 0 bridgehead atoms. The van der Waals surface area contributed by atoms with Gasteiger partial charge in [0.05, 0.1) is 5.69 Å². The van der Waals surface area contributed by atoms with Gasteiger partial charge in [-0.25, -0.2) is 14.4 Å². The van der Waals surface area contributed by atoms with E-state index in [-0.39, 0.29) is 0 Å². The van der Waals surface area contributed by atoms with Crippen molar-refractivity contribution < 1.29 is 4.39 Å². The second-order valence-corrected chi connectivity index (χ2v) is 5.02. The Kier molecular flexibility index (Phi) is 5.33. The minimum atomic E-state index is -0.414. The van der Waals surface area contributed by atoms with E-state index in [0.717, 1.165) is 31.0 Å². The fourth-order valence-corrected chi connectivity index (χ4v) is 2.06. The molecule has 1 heterocycles. The molecule has 112 valence electrons. The molecule has 6 heteroatoms. The first-order valence-corrected chi connectivity index (χ1v) is 7.34. The fraction of sp³-hybridized carbons (Fsp3) is 0.333. The highest BCUT2D eigenvalue weighted by Gasteiger charge is 2.07. The van der Waals surface area contributed by atoms with Crippen LogP contribution in [-0.4, -0.2) is 16.5 Å². The van der Waals surface area contributed by atoms with Gasteiger partial charge in [-0.15, -0.1) is 0 Å². The van der Waals surface area contributed by atoms with Crippen molar-refractivity contribution in [2.24, 2.45) is 0 Å². The van der Waals surface area contributed by atoms with Crippen LogP contribution in [-0.2, 0) is 6.42 Å². The quantitative estimate of drug-likeness (QED) is 0.830. The highest BCUT2D eigenvalue weighted by molar-refractivity contribution is 6.30. The molecule has 0 aliphatic rings. The number of rotatable bonds is 6. The van der Waals surface area contributed by atoms with Crippen LogP contribution >= 0.6 is 11.6 Å². The number of nitrogens with zero attached hydrogens (tertiary/aromatic N) is 2. The van der Waals surface area contributed by atoms with Gasteiger partial charge in [-0.05, 0) is 31.5 Å². The maximum Gasteiger partial charge on any atom is 0.148 e. The van der Waals surface area contributed by atoms with Gasteiger partial charge in [-0.1, -0.05) is 18.5 Å². The van der Waals surface area contributed by atoms with Crippen molar-refractivity contribution >= 4 is 28.9 Å². The first-order valence-electron chi connectivity index (χ1n) is 6.96. The van der Waals surface area contributed by atoms with E-state index in [4.69, 9.17) is 11.6 Å². The monoisotopic (exact) mass is 308 g/mol. The van der Waals surface area contributed by atoms with E-state index >= 15 is 0 Å². The first kappa shape index (κ1) is 15.5. The summed E-state index contributed by atoms with van der Waals surface area (Å²) in [5.74, 6) is 1.61. The largest absolute Gasteiger partial charge is 0.370 e. The van der Waals surface area contributed by atoms with E-state index in [1.54, 1.807) is 18.2 Å². The molecule has 2 rings (SSSR count). The van der Waals surface area contributed by atoms with Crippen LogP contribution in [0.5, 0.6) is 0 Å². The van der Waals surface area contributed by atoms with Crippen LogP contribution in [0.2, 0.25) is 5.02 Å². The van der Waals surface area contributed by atoms with Gasteiger partial charge < -0.3 is 10.6 Å². The Morgan fingerprint density at radius 3 is 2.57 bits per heavy atom. The predicted molar refractivity (Wildman–Crippen MR) is 84.9 cm³/mol. The SMILES string of the molecule is CCCc1nc(NCC)cc(Nc2ccc(Cl)cc2F)n1. The van der Waals surface area contributed by atoms with Gasteiger partial charge in [0.2, 0.25) is 0 Å². The second kappa shape index (κ2) is 7.22. The van der Waals surface area contributed by atoms with Crippen molar-refractivity contribution in [3.05, 3.63) is 40.9 Å². The zero-order valence-corrected chi connectivity index (χ0v) is 12.8. The van der Waals surface area contributed by atoms with Gasteiger partial charge in [-0.3, -0.25) is 0 Å². The summed E-state index contributed by atoms with van der Waals surface area (Å²) >= 11 is 5.75. The maximum atomic E-state index is 13.8. The zero-order chi connectivity index (χ0) is 15.2. The summed E-state index contributed by atoms with van der Waals surface area (Å²) < 4.78 is 13.8. The normalized spacial score (nSPS) is 10.5. The standard InChI is InChI=1S/C15H18ClFN4/c1-3-5-13-20-14(18-4-2)9-15(21-13)19-12-7-6-10(16)8-11(12)17/h6-9H,3-5H2,1-2H3,(H2,18,19,20,21). The van der Waals surface area contributed by atoms with Crippen molar-refractivity contribution in [2.45, 2.75) is 26.7 Å². The molecular weight excluding hydrogens is 291 g/mol. The molecule has 0 aliphatic heterocycles. The molecule has 0 radical (unpaired) electrons. The fourth-order valence-electron chi connectivity index (χ4n) is 1.90. The molecule has 2 N–H and O–H groups in total. The lowest BCUT2D eigenvalue weighted by molar-refractivity contribution is 0.632. The summed E-state index contributed by atoms with van der Waals surface area (Å²) in [4.78, 5) is 8.82. The third-order valence-electron chi connectivity index (χ3n) is 2.80. The Morgan fingerprint density at radius 1 is 1.14 bits per heavy atom. The van der Waals surface area contributed by atoms with Crippen LogP contribution in [0.15, 0.2) is 24.3 Å². The lowest BCUT2D eigenvalue weighted by atomic mass is 10.3. The summed E-state index contributed by atoms with van der Waals surface area (Å²) in [6.07, 6.45) is 1.72.